The third-order valence-electron chi connectivity index (χ3n) is 3.61. The second-order valence-electron chi connectivity index (χ2n) is 4.75. The van der Waals surface area contributed by atoms with Gasteiger partial charge in [-0.1, -0.05) is 12.8 Å². The highest BCUT2D eigenvalue weighted by atomic mass is 16.5. The van der Waals surface area contributed by atoms with Gasteiger partial charge in [0.15, 0.2) is 0 Å². The Bertz CT molecular complexity index is 379. The first kappa shape index (κ1) is 10.8. The molecule has 6 nitrogen and oxygen atoms in total. The summed E-state index contributed by atoms with van der Waals surface area (Å²) in [5.74, 6) is 1.32. The molecule has 0 atom stereocenters. The number of aromatic nitrogens is 3. The van der Waals surface area contributed by atoms with E-state index in [2.05, 4.69) is 15.0 Å². The molecule has 1 aromatic rings. The number of nitrogens with two attached hydrogens (primary N) is 1. The average molecular weight is 237 g/mol. The van der Waals surface area contributed by atoms with E-state index in [-0.39, 0.29) is 0 Å². The molecule has 94 valence electrons. The van der Waals surface area contributed by atoms with Gasteiger partial charge in [-0.15, -0.1) is 5.10 Å². The molecule has 2 fully saturated rings. The Morgan fingerprint density at radius 3 is 2.59 bits per heavy atom. The minimum Gasteiger partial charge on any atom is -0.378 e. The van der Waals surface area contributed by atoms with E-state index in [0.29, 0.717) is 12.0 Å². The third kappa shape index (κ3) is 2.09. The standard InChI is InChI=1S/C11H19N5O/c12-10-13-11(15-5-7-17-8-6-15)14-16(10)9-3-1-2-4-9/h9H,1-8H2,(H2,12,13,14). The van der Waals surface area contributed by atoms with Crippen LogP contribution in [-0.4, -0.2) is 41.1 Å². The Kier molecular flexibility index (Phi) is 2.88. The zero-order valence-electron chi connectivity index (χ0n) is 10.0. The Balaban J connectivity index is 1.79. The lowest BCUT2D eigenvalue weighted by molar-refractivity contribution is 0.122. The molecule has 6 heteroatoms. The van der Waals surface area contributed by atoms with Crippen molar-refractivity contribution in [3.05, 3.63) is 0 Å². The van der Waals surface area contributed by atoms with Crippen LogP contribution in [0.5, 0.6) is 0 Å². The van der Waals surface area contributed by atoms with Gasteiger partial charge in [-0.3, -0.25) is 0 Å². The Hall–Kier alpha value is -1.30. The fourth-order valence-electron chi connectivity index (χ4n) is 2.64. The van der Waals surface area contributed by atoms with Crippen LogP contribution >= 0.6 is 0 Å². The largest absolute Gasteiger partial charge is 0.378 e. The number of hydrogen-bond donors (Lipinski definition) is 1. The van der Waals surface area contributed by atoms with Gasteiger partial charge in [0.1, 0.15) is 0 Å². The monoisotopic (exact) mass is 237 g/mol. The first-order valence-electron chi connectivity index (χ1n) is 6.39. The minimum absolute atomic E-state index is 0.456. The number of anilines is 2. The molecule has 2 aliphatic rings. The zero-order chi connectivity index (χ0) is 11.7. The summed E-state index contributed by atoms with van der Waals surface area (Å²) in [6.07, 6.45) is 4.90. The summed E-state index contributed by atoms with van der Waals surface area (Å²) in [4.78, 5) is 6.52. The van der Waals surface area contributed by atoms with Crippen LogP contribution in [0.4, 0.5) is 11.9 Å². The lowest BCUT2D eigenvalue weighted by Gasteiger charge is -2.25. The summed E-state index contributed by atoms with van der Waals surface area (Å²) in [5, 5.41) is 4.57. The van der Waals surface area contributed by atoms with Gasteiger partial charge in [0.05, 0.1) is 19.3 Å². The van der Waals surface area contributed by atoms with Crippen molar-refractivity contribution < 1.29 is 4.74 Å². The van der Waals surface area contributed by atoms with Crippen molar-refractivity contribution in [2.75, 3.05) is 36.9 Å². The van der Waals surface area contributed by atoms with Crippen molar-refractivity contribution in [1.29, 1.82) is 0 Å². The van der Waals surface area contributed by atoms with Crippen LogP contribution in [0.25, 0.3) is 0 Å². The molecule has 0 amide bonds. The van der Waals surface area contributed by atoms with E-state index in [1.54, 1.807) is 0 Å². The predicted molar refractivity (Wildman–Crippen MR) is 65.0 cm³/mol. The van der Waals surface area contributed by atoms with Crippen LogP contribution in [0.3, 0.4) is 0 Å². The SMILES string of the molecule is Nc1nc(N2CCOCC2)nn1C1CCCC1. The number of nitrogens with zero attached hydrogens (tertiary/aromatic N) is 4. The van der Waals surface area contributed by atoms with Crippen molar-refractivity contribution >= 4 is 11.9 Å². The smallest absolute Gasteiger partial charge is 0.246 e. The Labute approximate surface area is 101 Å². The number of rotatable bonds is 2. The molecular formula is C11H19N5O. The van der Waals surface area contributed by atoms with E-state index in [4.69, 9.17) is 10.5 Å². The zero-order valence-corrected chi connectivity index (χ0v) is 10.0. The minimum atomic E-state index is 0.456. The summed E-state index contributed by atoms with van der Waals surface area (Å²) in [7, 11) is 0. The summed E-state index contributed by atoms with van der Waals surface area (Å²) in [6, 6.07) is 0.456. The maximum Gasteiger partial charge on any atom is 0.246 e. The maximum atomic E-state index is 5.96. The Morgan fingerprint density at radius 1 is 1.18 bits per heavy atom. The van der Waals surface area contributed by atoms with Crippen molar-refractivity contribution in [1.82, 2.24) is 14.8 Å². The van der Waals surface area contributed by atoms with E-state index in [1.165, 1.54) is 25.7 Å². The van der Waals surface area contributed by atoms with E-state index in [0.717, 1.165) is 32.3 Å². The lowest BCUT2D eigenvalue weighted by atomic mass is 10.3. The summed E-state index contributed by atoms with van der Waals surface area (Å²) in [5.41, 5.74) is 5.96. The molecule has 0 aromatic carbocycles. The number of ether oxygens (including phenoxy) is 1. The van der Waals surface area contributed by atoms with Gasteiger partial charge in [0, 0.05) is 13.1 Å². The van der Waals surface area contributed by atoms with E-state index in [9.17, 15) is 0 Å². The fourth-order valence-corrected chi connectivity index (χ4v) is 2.64. The van der Waals surface area contributed by atoms with Crippen LogP contribution in [0.15, 0.2) is 0 Å². The van der Waals surface area contributed by atoms with Gasteiger partial charge in [-0.2, -0.15) is 4.98 Å². The molecule has 3 rings (SSSR count). The third-order valence-corrected chi connectivity index (χ3v) is 3.61. The van der Waals surface area contributed by atoms with Crippen LogP contribution in [0.1, 0.15) is 31.7 Å². The quantitative estimate of drug-likeness (QED) is 0.824. The van der Waals surface area contributed by atoms with Gasteiger partial charge in [0.2, 0.25) is 11.9 Å². The topological polar surface area (TPSA) is 69.2 Å². The van der Waals surface area contributed by atoms with Crippen LogP contribution in [0, 0.1) is 0 Å². The molecule has 1 aromatic heterocycles. The molecule has 1 aliphatic carbocycles. The Morgan fingerprint density at radius 2 is 1.88 bits per heavy atom. The van der Waals surface area contributed by atoms with Gasteiger partial charge in [-0.25, -0.2) is 4.68 Å². The molecule has 1 saturated carbocycles. The first-order chi connectivity index (χ1) is 8.34. The summed E-state index contributed by atoms with van der Waals surface area (Å²) < 4.78 is 7.24. The second kappa shape index (κ2) is 4.52. The normalized spacial score (nSPS) is 22.2. The fraction of sp³-hybridized carbons (Fsp3) is 0.818. The van der Waals surface area contributed by atoms with Crippen molar-refractivity contribution in [3.8, 4) is 0 Å². The molecule has 1 saturated heterocycles. The van der Waals surface area contributed by atoms with Gasteiger partial charge in [0.25, 0.3) is 0 Å². The highest BCUT2D eigenvalue weighted by Crippen LogP contribution is 2.31. The highest BCUT2D eigenvalue weighted by Gasteiger charge is 2.23. The van der Waals surface area contributed by atoms with Crippen LogP contribution < -0.4 is 10.6 Å². The molecule has 1 aliphatic heterocycles. The second-order valence-corrected chi connectivity index (χ2v) is 4.75. The predicted octanol–water partition coefficient (Wildman–Crippen LogP) is 0.812. The molecule has 0 radical (unpaired) electrons. The van der Waals surface area contributed by atoms with E-state index in [1.807, 2.05) is 4.68 Å². The molecule has 2 N–H and O–H groups in total. The summed E-state index contributed by atoms with van der Waals surface area (Å²) >= 11 is 0. The first-order valence-corrected chi connectivity index (χ1v) is 6.39. The van der Waals surface area contributed by atoms with Crippen LogP contribution in [0.2, 0.25) is 0 Å². The van der Waals surface area contributed by atoms with Gasteiger partial charge < -0.3 is 15.4 Å². The maximum absolute atomic E-state index is 5.96. The molecule has 0 unspecified atom stereocenters. The van der Waals surface area contributed by atoms with Gasteiger partial charge in [-0.05, 0) is 12.8 Å². The van der Waals surface area contributed by atoms with Crippen molar-refractivity contribution in [2.24, 2.45) is 0 Å². The molecule has 17 heavy (non-hydrogen) atoms. The summed E-state index contributed by atoms with van der Waals surface area (Å²) in [6.45, 7) is 3.21. The van der Waals surface area contributed by atoms with E-state index < -0.39 is 0 Å². The van der Waals surface area contributed by atoms with Crippen molar-refractivity contribution in [3.63, 3.8) is 0 Å². The van der Waals surface area contributed by atoms with E-state index >= 15 is 0 Å². The molecule has 2 heterocycles. The average Bonchev–Trinajstić information content (AvgIpc) is 2.99. The van der Waals surface area contributed by atoms with Gasteiger partial charge >= 0.3 is 0 Å². The van der Waals surface area contributed by atoms with Crippen molar-refractivity contribution in [2.45, 2.75) is 31.7 Å². The lowest BCUT2D eigenvalue weighted by Crippen LogP contribution is -2.37. The molecule has 0 bridgehead atoms. The number of morpholine rings is 1. The molecule has 0 spiro atoms. The molecular weight excluding hydrogens is 218 g/mol. The number of hydrogen-bond acceptors (Lipinski definition) is 5. The highest BCUT2D eigenvalue weighted by molar-refractivity contribution is 5.35. The van der Waals surface area contributed by atoms with Crippen LogP contribution in [-0.2, 0) is 4.74 Å². The number of nitrogen functional groups attached to an aromatic ring is 1.